The Morgan fingerprint density at radius 1 is 1.24 bits per heavy atom. The number of nitro benzene ring substituents is 1. The number of non-ortho nitro benzene ring substituents is 1. The van der Waals surface area contributed by atoms with Gasteiger partial charge in [-0.2, -0.15) is 0 Å². The van der Waals surface area contributed by atoms with E-state index >= 15 is 0 Å². The fourth-order valence-electron chi connectivity index (χ4n) is 2.13. The molecular weight excluding hydrogens is 416 g/mol. The van der Waals surface area contributed by atoms with E-state index in [0.29, 0.717) is 4.47 Å². The van der Waals surface area contributed by atoms with E-state index in [-0.39, 0.29) is 10.6 Å². The van der Waals surface area contributed by atoms with Gasteiger partial charge in [0.05, 0.1) is 15.5 Å². The first-order valence-corrected chi connectivity index (χ1v) is 9.15. The number of nitrogens with zero attached hydrogens (tertiary/aromatic N) is 2. The molecule has 2 aromatic rings. The number of hydrogen-bond acceptors (Lipinski definition) is 5. The van der Waals surface area contributed by atoms with Crippen LogP contribution in [0.4, 0.5) is 11.4 Å². The normalized spacial score (nSPS) is 12.4. The lowest BCUT2D eigenvalue weighted by atomic mass is 10.2. The van der Waals surface area contributed by atoms with Gasteiger partial charge in [0, 0.05) is 16.6 Å². The van der Waals surface area contributed by atoms with Gasteiger partial charge in [0.2, 0.25) is 0 Å². The molecule has 0 fully saturated rings. The fourth-order valence-corrected chi connectivity index (χ4v) is 4.05. The summed E-state index contributed by atoms with van der Waals surface area (Å²) in [6, 6.07) is 9.08. The standard InChI is InChI=1S/C15H13BrN2O6S/c1-10(15(19)20)17(12-7-5-11(16)6-8-12)25(23,24)14-4-2-3-13(9-14)18(21)22/h2-10H,1H3,(H,19,20). The summed E-state index contributed by atoms with van der Waals surface area (Å²) in [6.07, 6.45) is 0. The molecule has 0 radical (unpaired) electrons. The van der Waals surface area contributed by atoms with Crippen molar-refractivity contribution in [3.63, 3.8) is 0 Å². The van der Waals surface area contributed by atoms with Crippen LogP contribution in [0.2, 0.25) is 0 Å². The number of aliphatic carboxylic acids is 1. The number of rotatable bonds is 6. The molecular formula is C15H13BrN2O6S. The minimum absolute atomic E-state index is 0.129. The first-order chi connectivity index (χ1) is 11.6. The van der Waals surface area contributed by atoms with Gasteiger partial charge in [-0.15, -0.1) is 0 Å². The van der Waals surface area contributed by atoms with Crippen molar-refractivity contribution in [2.75, 3.05) is 4.31 Å². The summed E-state index contributed by atoms with van der Waals surface area (Å²) in [5.74, 6) is -1.35. The number of hydrogen-bond donors (Lipinski definition) is 1. The highest BCUT2D eigenvalue weighted by Gasteiger charge is 2.34. The number of benzene rings is 2. The third-order valence-electron chi connectivity index (χ3n) is 3.38. The van der Waals surface area contributed by atoms with Gasteiger partial charge in [0.25, 0.3) is 15.7 Å². The molecule has 0 saturated carbocycles. The second-order valence-electron chi connectivity index (χ2n) is 5.05. The molecule has 0 bridgehead atoms. The summed E-state index contributed by atoms with van der Waals surface area (Å²) in [6.45, 7) is 1.22. The van der Waals surface area contributed by atoms with E-state index in [1.165, 1.54) is 31.2 Å². The van der Waals surface area contributed by atoms with E-state index in [2.05, 4.69) is 15.9 Å². The van der Waals surface area contributed by atoms with Crippen LogP contribution in [0.3, 0.4) is 0 Å². The molecule has 0 aromatic heterocycles. The van der Waals surface area contributed by atoms with Gasteiger partial charge in [-0.3, -0.25) is 14.4 Å². The van der Waals surface area contributed by atoms with Gasteiger partial charge in [-0.25, -0.2) is 13.2 Å². The van der Waals surface area contributed by atoms with E-state index in [1.54, 1.807) is 12.1 Å². The first-order valence-electron chi connectivity index (χ1n) is 6.92. The highest BCUT2D eigenvalue weighted by Crippen LogP contribution is 2.29. The molecule has 1 atom stereocenters. The molecule has 2 aromatic carbocycles. The molecule has 25 heavy (non-hydrogen) atoms. The van der Waals surface area contributed by atoms with Crippen LogP contribution in [-0.2, 0) is 14.8 Å². The van der Waals surface area contributed by atoms with E-state index < -0.39 is 32.6 Å². The van der Waals surface area contributed by atoms with Crippen LogP contribution in [0.1, 0.15) is 6.92 Å². The van der Waals surface area contributed by atoms with Crippen LogP contribution < -0.4 is 4.31 Å². The van der Waals surface area contributed by atoms with Crippen molar-refractivity contribution in [3.05, 3.63) is 63.1 Å². The molecule has 0 saturated heterocycles. The minimum Gasteiger partial charge on any atom is -0.480 e. The number of halogens is 1. The molecule has 0 aliphatic heterocycles. The quantitative estimate of drug-likeness (QED) is 0.557. The average Bonchev–Trinajstić information content (AvgIpc) is 2.56. The van der Waals surface area contributed by atoms with Crippen LogP contribution in [0.25, 0.3) is 0 Å². The largest absolute Gasteiger partial charge is 0.480 e. The van der Waals surface area contributed by atoms with E-state index in [0.717, 1.165) is 16.4 Å². The monoisotopic (exact) mass is 428 g/mol. The lowest BCUT2D eigenvalue weighted by molar-refractivity contribution is -0.385. The number of anilines is 1. The molecule has 0 aliphatic rings. The Kier molecular flexibility index (Phi) is 5.43. The van der Waals surface area contributed by atoms with Gasteiger partial charge in [0.15, 0.2) is 0 Å². The Hall–Kier alpha value is -2.46. The second kappa shape index (κ2) is 7.19. The summed E-state index contributed by atoms with van der Waals surface area (Å²) in [4.78, 5) is 21.2. The van der Waals surface area contributed by atoms with Crippen molar-refractivity contribution in [3.8, 4) is 0 Å². The topological polar surface area (TPSA) is 118 Å². The zero-order valence-corrected chi connectivity index (χ0v) is 15.3. The van der Waals surface area contributed by atoms with Crippen LogP contribution in [0.5, 0.6) is 0 Å². The number of carboxylic acid groups (broad SMARTS) is 1. The number of sulfonamides is 1. The summed E-state index contributed by atoms with van der Waals surface area (Å²) >= 11 is 3.22. The molecule has 10 heteroatoms. The maximum Gasteiger partial charge on any atom is 0.327 e. The molecule has 0 aliphatic carbocycles. The van der Waals surface area contributed by atoms with Gasteiger partial charge >= 0.3 is 5.97 Å². The predicted molar refractivity (Wildman–Crippen MR) is 94.0 cm³/mol. The lowest BCUT2D eigenvalue weighted by Crippen LogP contribution is -2.43. The Morgan fingerprint density at radius 2 is 1.84 bits per heavy atom. The molecule has 132 valence electrons. The smallest absolute Gasteiger partial charge is 0.327 e. The van der Waals surface area contributed by atoms with E-state index in [1.807, 2.05) is 0 Å². The van der Waals surface area contributed by atoms with E-state index in [4.69, 9.17) is 0 Å². The summed E-state index contributed by atoms with van der Waals surface area (Å²) < 4.78 is 27.3. The number of nitro groups is 1. The Balaban J connectivity index is 2.63. The van der Waals surface area contributed by atoms with Crippen molar-refractivity contribution >= 4 is 43.3 Å². The van der Waals surface area contributed by atoms with Crippen molar-refractivity contribution < 1.29 is 23.2 Å². The Labute approximate surface area is 152 Å². The van der Waals surface area contributed by atoms with Crippen LogP contribution in [0.15, 0.2) is 57.9 Å². The highest BCUT2D eigenvalue weighted by molar-refractivity contribution is 9.10. The number of carbonyl (C=O) groups is 1. The fraction of sp³-hybridized carbons (Fsp3) is 0.133. The van der Waals surface area contributed by atoms with Crippen molar-refractivity contribution in [2.24, 2.45) is 0 Å². The molecule has 0 spiro atoms. The zero-order valence-electron chi connectivity index (χ0n) is 12.9. The Morgan fingerprint density at radius 3 is 2.36 bits per heavy atom. The SMILES string of the molecule is CC(C(=O)O)N(c1ccc(Br)cc1)S(=O)(=O)c1cccc([N+](=O)[O-])c1. The maximum atomic E-state index is 13.0. The van der Waals surface area contributed by atoms with Gasteiger partial charge in [-0.1, -0.05) is 22.0 Å². The molecule has 0 amide bonds. The Bertz CT molecular complexity index is 914. The van der Waals surface area contributed by atoms with Crippen LogP contribution in [-0.4, -0.2) is 30.5 Å². The third kappa shape index (κ3) is 3.97. The van der Waals surface area contributed by atoms with Gasteiger partial charge in [-0.05, 0) is 37.3 Å². The predicted octanol–water partition coefficient (Wildman–Crippen LogP) is 3.03. The summed E-state index contributed by atoms with van der Waals surface area (Å²) in [7, 11) is -4.33. The second-order valence-corrected chi connectivity index (χ2v) is 7.78. The highest BCUT2D eigenvalue weighted by atomic mass is 79.9. The number of carboxylic acids is 1. The van der Waals surface area contributed by atoms with Crippen LogP contribution >= 0.6 is 15.9 Å². The molecule has 2 rings (SSSR count). The van der Waals surface area contributed by atoms with Crippen molar-refractivity contribution in [1.82, 2.24) is 0 Å². The van der Waals surface area contributed by atoms with Gasteiger partial charge < -0.3 is 5.11 Å². The summed E-state index contributed by atoms with van der Waals surface area (Å²) in [5.41, 5.74) is -0.274. The summed E-state index contributed by atoms with van der Waals surface area (Å²) in [5, 5.41) is 20.2. The van der Waals surface area contributed by atoms with Gasteiger partial charge in [0.1, 0.15) is 6.04 Å². The van der Waals surface area contributed by atoms with Crippen molar-refractivity contribution in [1.29, 1.82) is 0 Å². The third-order valence-corrected chi connectivity index (χ3v) is 5.80. The molecule has 1 unspecified atom stereocenters. The molecule has 0 heterocycles. The maximum absolute atomic E-state index is 13.0. The van der Waals surface area contributed by atoms with E-state index in [9.17, 15) is 28.4 Å². The van der Waals surface area contributed by atoms with Crippen molar-refractivity contribution in [2.45, 2.75) is 17.9 Å². The average molecular weight is 429 g/mol. The zero-order chi connectivity index (χ0) is 18.8. The first kappa shape index (κ1) is 18.9. The lowest BCUT2D eigenvalue weighted by Gasteiger charge is -2.28. The molecule has 1 N–H and O–H groups in total. The minimum atomic E-state index is -4.33. The molecule has 8 nitrogen and oxygen atoms in total. The van der Waals surface area contributed by atoms with Crippen LogP contribution in [0, 0.1) is 10.1 Å².